The standard InChI is InChI=1S/C62H65BN6/c1-59(2,3)68(60(4,5)6)54-40-46-50(64(42-26-17-13-18-27-42)43-28-19-14-20-29-43)38-36-48-57(46)66(54)52-34-25-35-53-56(52)63(48)49-37-39-51(65(44-30-21-15-22-31-44)45-32-23-16-24-33-45)47-41-55(67(53)58(47)49)69(61(7,8)9)62(10,11)12/h13-41H,1-12H3. The van der Waals surface area contributed by atoms with E-state index in [0.29, 0.717) is 0 Å². The van der Waals surface area contributed by atoms with Gasteiger partial charge < -0.3 is 19.6 Å². The molecule has 0 amide bonds. The topological polar surface area (TPSA) is 22.8 Å². The van der Waals surface area contributed by atoms with Crippen LogP contribution < -0.4 is 36.0 Å². The summed E-state index contributed by atoms with van der Waals surface area (Å²) in [7, 11) is 0. The van der Waals surface area contributed by atoms with Gasteiger partial charge in [0.05, 0.1) is 22.4 Å². The number of para-hydroxylation sites is 4. The molecule has 0 spiro atoms. The Labute approximate surface area is 410 Å². The van der Waals surface area contributed by atoms with Crippen molar-refractivity contribution in [2.75, 3.05) is 19.6 Å². The Kier molecular flexibility index (Phi) is 10.1. The largest absolute Gasteiger partial charge is 0.348 e. The van der Waals surface area contributed by atoms with Crippen LogP contribution in [0.2, 0.25) is 0 Å². The van der Waals surface area contributed by atoms with E-state index in [9.17, 15) is 0 Å². The summed E-state index contributed by atoms with van der Waals surface area (Å²) in [5.74, 6) is 2.39. The first-order valence-electron chi connectivity index (χ1n) is 24.8. The third kappa shape index (κ3) is 7.06. The maximum absolute atomic E-state index is 2.65. The molecule has 4 heterocycles. The first-order chi connectivity index (χ1) is 32.8. The molecular formula is C62H65BN6. The Morgan fingerprint density at radius 1 is 0.348 bits per heavy atom. The SMILES string of the molecule is CC(C)(C)N(c1cc2c(N(c3ccccc3)c3ccccc3)ccc3c2n1-c1cccc2c1B3c1ccc(N(c3ccccc3)c3ccccc3)c3cc(N(C(C)(C)C)C(C)(C)C)n-2c13)C(C)(C)C. The van der Waals surface area contributed by atoms with Crippen LogP contribution in [0.5, 0.6) is 0 Å². The fourth-order valence-corrected chi connectivity index (χ4v) is 12.6. The summed E-state index contributed by atoms with van der Waals surface area (Å²) in [6.45, 7) is 28.2. The molecule has 0 unspecified atom stereocenters. The average molecular weight is 905 g/mol. The molecule has 0 atom stereocenters. The molecule has 11 rings (SSSR count). The zero-order chi connectivity index (χ0) is 48.4. The Bertz CT molecular complexity index is 3050. The predicted molar refractivity (Wildman–Crippen MR) is 298 cm³/mol. The molecule has 0 N–H and O–H groups in total. The summed E-state index contributed by atoms with van der Waals surface area (Å²) in [5, 5.41) is 2.45. The Balaban J connectivity index is 1.28. The zero-order valence-corrected chi connectivity index (χ0v) is 42.5. The van der Waals surface area contributed by atoms with E-state index in [0.717, 1.165) is 34.1 Å². The van der Waals surface area contributed by atoms with Crippen molar-refractivity contribution in [1.82, 2.24) is 9.13 Å². The molecule has 0 bridgehead atoms. The lowest BCUT2D eigenvalue weighted by Crippen LogP contribution is -2.60. The number of fused-ring (bicyclic) bond motifs is 4. The van der Waals surface area contributed by atoms with Gasteiger partial charge in [-0.3, -0.25) is 9.13 Å². The molecule has 0 saturated carbocycles. The third-order valence-corrected chi connectivity index (χ3v) is 14.0. The van der Waals surface area contributed by atoms with E-state index in [2.05, 4.69) is 288 Å². The van der Waals surface area contributed by atoms with Crippen molar-refractivity contribution in [2.24, 2.45) is 0 Å². The number of rotatable bonds is 8. The summed E-state index contributed by atoms with van der Waals surface area (Å²) in [6, 6.07) is 65.2. The molecule has 7 aromatic carbocycles. The molecular weight excluding hydrogens is 840 g/mol. The molecule has 0 radical (unpaired) electrons. The molecule has 346 valence electrons. The van der Waals surface area contributed by atoms with Gasteiger partial charge >= 0.3 is 0 Å². The van der Waals surface area contributed by atoms with Gasteiger partial charge in [-0.15, -0.1) is 0 Å². The zero-order valence-electron chi connectivity index (χ0n) is 42.5. The summed E-state index contributed by atoms with van der Waals surface area (Å²) in [4.78, 5) is 10.2. The van der Waals surface area contributed by atoms with Gasteiger partial charge in [-0.25, -0.2) is 0 Å². The lowest BCUT2D eigenvalue weighted by Gasteiger charge is -2.48. The van der Waals surface area contributed by atoms with Gasteiger partial charge in [-0.1, -0.05) is 91.0 Å². The second-order valence-electron chi connectivity index (χ2n) is 23.1. The van der Waals surface area contributed by atoms with Crippen molar-refractivity contribution in [3.8, 4) is 11.4 Å². The van der Waals surface area contributed by atoms with E-state index < -0.39 is 0 Å². The molecule has 7 heteroatoms. The van der Waals surface area contributed by atoms with Crippen LogP contribution in [-0.4, -0.2) is 38.0 Å². The van der Waals surface area contributed by atoms with E-state index in [1.54, 1.807) is 0 Å². The number of hydrogen-bond donors (Lipinski definition) is 0. The van der Waals surface area contributed by atoms with Gasteiger partial charge in [-0.2, -0.15) is 0 Å². The highest BCUT2D eigenvalue weighted by atomic mass is 15.3. The summed E-state index contributed by atoms with van der Waals surface area (Å²) in [5.41, 5.74) is 14.9. The number of aromatic nitrogens is 2. The monoisotopic (exact) mass is 905 g/mol. The quantitative estimate of drug-likeness (QED) is 0.142. The van der Waals surface area contributed by atoms with Gasteiger partial charge in [0.25, 0.3) is 6.71 Å². The Hall–Kier alpha value is -7.12. The fourth-order valence-electron chi connectivity index (χ4n) is 12.6. The Morgan fingerprint density at radius 3 is 0.942 bits per heavy atom. The molecule has 2 aromatic heterocycles. The van der Waals surface area contributed by atoms with Crippen LogP contribution in [0.4, 0.5) is 45.8 Å². The second kappa shape index (κ2) is 15.7. The molecule has 9 aromatic rings. The highest BCUT2D eigenvalue weighted by Crippen LogP contribution is 2.49. The minimum absolute atomic E-state index is 0.0333. The first kappa shape index (κ1) is 44.4. The smallest absolute Gasteiger partial charge is 0.252 e. The van der Waals surface area contributed by atoms with E-state index in [4.69, 9.17) is 0 Å². The highest BCUT2D eigenvalue weighted by molar-refractivity contribution is 7.00. The van der Waals surface area contributed by atoms with Gasteiger partial charge in [-0.05, 0) is 184 Å². The number of nitrogens with zero attached hydrogens (tertiary/aromatic N) is 6. The molecule has 0 saturated heterocycles. The molecule has 0 aliphatic carbocycles. The fraction of sp³-hybridized carbons (Fsp3) is 0.258. The lowest BCUT2D eigenvalue weighted by atomic mass is 9.34. The van der Waals surface area contributed by atoms with E-state index in [1.165, 1.54) is 61.2 Å². The van der Waals surface area contributed by atoms with Crippen molar-refractivity contribution >= 4 is 90.7 Å². The van der Waals surface area contributed by atoms with Crippen LogP contribution in [0, 0.1) is 0 Å². The van der Waals surface area contributed by atoms with Crippen LogP contribution in [0.3, 0.4) is 0 Å². The van der Waals surface area contributed by atoms with Gasteiger partial charge in [0.2, 0.25) is 0 Å². The number of anilines is 8. The van der Waals surface area contributed by atoms with Crippen molar-refractivity contribution in [3.63, 3.8) is 0 Å². The van der Waals surface area contributed by atoms with E-state index in [-0.39, 0.29) is 28.9 Å². The van der Waals surface area contributed by atoms with Crippen molar-refractivity contribution in [3.05, 3.63) is 176 Å². The molecule has 2 aliphatic heterocycles. The van der Waals surface area contributed by atoms with Crippen molar-refractivity contribution in [1.29, 1.82) is 0 Å². The number of hydrogen-bond acceptors (Lipinski definition) is 4. The minimum Gasteiger partial charge on any atom is -0.348 e. The molecule has 6 nitrogen and oxygen atoms in total. The van der Waals surface area contributed by atoms with Crippen LogP contribution in [0.1, 0.15) is 83.1 Å². The number of benzene rings is 7. The molecule has 0 fully saturated rings. The van der Waals surface area contributed by atoms with Crippen molar-refractivity contribution < 1.29 is 0 Å². The van der Waals surface area contributed by atoms with E-state index in [1.807, 2.05) is 0 Å². The van der Waals surface area contributed by atoms with Gasteiger partial charge in [0, 0.05) is 67.1 Å². The van der Waals surface area contributed by atoms with Crippen LogP contribution in [-0.2, 0) is 0 Å². The first-order valence-corrected chi connectivity index (χ1v) is 24.8. The Morgan fingerprint density at radius 2 is 0.652 bits per heavy atom. The van der Waals surface area contributed by atoms with Crippen LogP contribution >= 0.6 is 0 Å². The third-order valence-electron chi connectivity index (χ3n) is 14.0. The summed E-state index contributed by atoms with van der Waals surface area (Å²) in [6.07, 6.45) is 0. The minimum atomic E-state index is -0.206. The predicted octanol–water partition coefficient (Wildman–Crippen LogP) is 14.5. The van der Waals surface area contributed by atoms with Crippen molar-refractivity contribution in [2.45, 2.75) is 105 Å². The second-order valence-corrected chi connectivity index (χ2v) is 23.1. The van der Waals surface area contributed by atoms with E-state index >= 15 is 0 Å². The highest BCUT2D eigenvalue weighted by Gasteiger charge is 2.45. The van der Waals surface area contributed by atoms with Gasteiger partial charge in [0.15, 0.2) is 0 Å². The van der Waals surface area contributed by atoms with Crippen LogP contribution in [0.25, 0.3) is 33.2 Å². The average Bonchev–Trinajstić information content (AvgIpc) is 3.87. The maximum Gasteiger partial charge on any atom is 0.252 e. The maximum atomic E-state index is 2.65. The normalized spacial score (nSPS) is 13.2. The molecule has 69 heavy (non-hydrogen) atoms. The summed E-state index contributed by atoms with van der Waals surface area (Å²) < 4.78 is 5.26. The van der Waals surface area contributed by atoms with Crippen LogP contribution in [0.15, 0.2) is 176 Å². The lowest BCUT2D eigenvalue weighted by molar-refractivity contribution is 0.375. The summed E-state index contributed by atoms with van der Waals surface area (Å²) >= 11 is 0. The molecule has 2 aliphatic rings. The van der Waals surface area contributed by atoms with Gasteiger partial charge in [0.1, 0.15) is 11.6 Å².